The van der Waals surface area contributed by atoms with Crippen molar-refractivity contribution in [2.24, 2.45) is 7.05 Å². The van der Waals surface area contributed by atoms with Crippen molar-refractivity contribution in [3.63, 3.8) is 0 Å². The predicted octanol–water partition coefficient (Wildman–Crippen LogP) is -0.0433. The molecule has 0 aromatic carbocycles. The van der Waals surface area contributed by atoms with Crippen LogP contribution in [0.3, 0.4) is 0 Å². The Balaban J connectivity index is 2.01. The normalized spacial score (nSPS) is 23.1. The summed E-state index contributed by atoms with van der Waals surface area (Å²) in [5.41, 5.74) is 0.893. The van der Waals surface area contributed by atoms with E-state index in [9.17, 15) is 9.90 Å². The summed E-state index contributed by atoms with van der Waals surface area (Å²) >= 11 is 0. The van der Waals surface area contributed by atoms with Crippen LogP contribution in [-0.4, -0.2) is 69.9 Å². The first-order chi connectivity index (χ1) is 9.45. The number of rotatable bonds is 4. The third-order valence-electron chi connectivity index (χ3n) is 3.39. The maximum atomic E-state index is 12.2. The van der Waals surface area contributed by atoms with Crippen LogP contribution in [0.15, 0.2) is 18.5 Å². The molecule has 0 radical (unpaired) electrons. The van der Waals surface area contributed by atoms with E-state index in [-0.39, 0.29) is 11.9 Å². The number of likely N-dealkylation sites (N-methyl/N-ethyl adjacent to an activating group) is 1. The number of β-amino-alcohol motifs (C(OH)–C–C–N with tert-alkyl or cyclic N) is 1. The van der Waals surface area contributed by atoms with Gasteiger partial charge in [-0.15, -0.1) is 0 Å². The summed E-state index contributed by atoms with van der Waals surface area (Å²) < 4.78 is 1.69. The first-order valence-electron chi connectivity index (χ1n) is 6.76. The molecule has 2 atom stereocenters. The number of carbonyl (C=O) groups excluding carboxylic acids is 1. The maximum Gasteiger partial charge on any atom is 0.246 e. The Kier molecular flexibility index (Phi) is 4.57. The third kappa shape index (κ3) is 3.68. The first kappa shape index (κ1) is 14.7. The molecule has 0 spiro atoms. The van der Waals surface area contributed by atoms with E-state index >= 15 is 0 Å². The van der Waals surface area contributed by atoms with Gasteiger partial charge in [-0.1, -0.05) is 0 Å². The molecule has 2 rings (SSSR count). The van der Waals surface area contributed by atoms with Gasteiger partial charge in [0.05, 0.1) is 12.3 Å². The van der Waals surface area contributed by atoms with Crippen LogP contribution in [0, 0.1) is 0 Å². The van der Waals surface area contributed by atoms with Crippen LogP contribution >= 0.6 is 0 Å². The molecule has 0 bridgehead atoms. The lowest BCUT2D eigenvalue weighted by molar-refractivity contribution is -0.127. The number of aliphatic hydroxyl groups excluding tert-OH is 1. The van der Waals surface area contributed by atoms with Crippen LogP contribution in [0.25, 0.3) is 6.08 Å². The van der Waals surface area contributed by atoms with E-state index < -0.39 is 6.10 Å². The first-order valence-corrected chi connectivity index (χ1v) is 6.76. The van der Waals surface area contributed by atoms with Gasteiger partial charge in [-0.05, 0) is 26.6 Å². The summed E-state index contributed by atoms with van der Waals surface area (Å²) in [4.78, 5) is 16.0. The number of likely N-dealkylation sites (tertiary alicyclic amines) is 1. The molecule has 1 aliphatic heterocycles. The molecule has 1 fully saturated rings. The monoisotopic (exact) mass is 278 g/mol. The molecular weight excluding hydrogens is 256 g/mol. The zero-order valence-electron chi connectivity index (χ0n) is 12.2. The minimum Gasteiger partial charge on any atom is -0.391 e. The fourth-order valence-corrected chi connectivity index (χ4v) is 2.55. The van der Waals surface area contributed by atoms with Crippen LogP contribution in [0.5, 0.6) is 0 Å². The summed E-state index contributed by atoms with van der Waals surface area (Å²) in [5.74, 6) is -0.0581. The standard InChI is InChI=1S/C14H22N4O2/c1-16(2)9-12-6-13(19)10-18(12)14(20)5-4-11-7-15-17(3)8-11/h4-5,7-8,12-13,19H,6,9-10H2,1-3H3. The maximum absolute atomic E-state index is 12.2. The second kappa shape index (κ2) is 6.19. The van der Waals surface area contributed by atoms with Crippen molar-refractivity contribution in [2.75, 3.05) is 27.2 Å². The molecule has 0 aliphatic carbocycles. The van der Waals surface area contributed by atoms with E-state index in [2.05, 4.69) is 5.10 Å². The van der Waals surface area contributed by atoms with Gasteiger partial charge in [-0.25, -0.2) is 0 Å². The molecule has 0 saturated carbocycles. The lowest BCUT2D eigenvalue weighted by atomic mass is 10.2. The fourth-order valence-electron chi connectivity index (χ4n) is 2.55. The molecule has 1 amide bonds. The molecule has 6 heteroatoms. The number of amides is 1. The quantitative estimate of drug-likeness (QED) is 0.785. The van der Waals surface area contributed by atoms with E-state index in [0.29, 0.717) is 13.0 Å². The summed E-state index contributed by atoms with van der Waals surface area (Å²) in [5, 5.41) is 13.8. The van der Waals surface area contributed by atoms with Crippen molar-refractivity contribution < 1.29 is 9.90 Å². The molecule has 6 nitrogen and oxygen atoms in total. The van der Waals surface area contributed by atoms with Gasteiger partial charge < -0.3 is 14.9 Å². The minimum absolute atomic E-state index is 0.0581. The van der Waals surface area contributed by atoms with E-state index in [4.69, 9.17) is 0 Å². The Labute approximate surface area is 119 Å². The van der Waals surface area contributed by atoms with Gasteiger partial charge in [0, 0.05) is 44.0 Å². The van der Waals surface area contributed by atoms with E-state index in [1.54, 1.807) is 27.9 Å². The van der Waals surface area contributed by atoms with Gasteiger partial charge in [-0.3, -0.25) is 9.48 Å². The number of carbonyl (C=O) groups is 1. The molecule has 20 heavy (non-hydrogen) atoms. The van der Waals surface area contributed by atoms with E-state index in [0.717, 1.165) is 12.1 Å². The van der Waals surface area contributed by atoms with Crippen molar-refractivity contribution in [3.8, 4) is 0 Å². The van der Waals surface area contributed by atoms with Gasteiger partial charge >= 0.3 is 0 Å². The lowest BCUT2D eigenvalue weighted by Crippen LogP contribution is -2.40. The molecule has 2 unspecified atom stereocenters. The Morgan fingerprint density at radius 1 is 1.60 bits per heavy atom. The second-order valence-electron chi connectivity index (χ2n) is 5.58. The largest absolute Gasteiger partial charge is 0.391 e. The number of hydrogen-bond acceptors (Lipinski definition) is 4. The summed E-state index contributed by atoms with van der Waals surface area (Å²) in [7, 11) is 5.78. The topological polar surface area (TPSA) is 61.6 Å². The van der Waals surface area contributed by atoms with Crippen molar-refractivity contribution >= 4 is 12.0 Å². The van der Waals surface area contributed by atoms with Gasteiger partial charge in [0.25, 0.3) is 0 Å². The SMILES string of the molecule is CN(C)CC1CC(O)CN1C(=O)C=Cc1cnn(C)c1. The Morgan fingerprint density at radius 2 is 2.35 bits per heavy atom. The van der Waals surface area contributed by atoms with E-state index in [1.165, 1.54) is 0 Å². The molecular formula is C14H22N4O2. The van der Waals surface area contributed by atoms with Crippen molar-refractivity contribution in [1.82, 2.24) is 19.6 Å². The summed E-state index contributed by atoms with van der Waals surface area (Å²) in [6.07, 6.45) is 7.09. The summed E-state index contributed by atoms with van der Waals surface area (Å²) in [6.45, 7) is 1.18. The zero-order valence-corrected chi connectivity index (χ0v) is 12.2. The highest BCUT2D eigenvalue weighted by Gasteiger charge is 2.33. The van der Waals surface area contributed by atoms with Gasteiger partial charge in [-0.2, -0.15) is 5.10 Å². The van der Waals surface area contributed by atoms with Gasteiger partial charge in [0.1, 0.15) is 0 Å². The van der Waals surface area contributed by atoms with Crippen LogP contribution < -0.4 is 0 Å². The molecule has 2 heterocycles. The van der Waals surface area contributed by atoms with Crippen LogP contribution in [-0.2, 0) is 11.8 Å². The Bertz CT molecular complexity index is 495. The smallest absolute Gasteiger partial charge is 0.246 e. The Hall–Kier alpha value is -1.66. The van der Waals surface area contributed by atoms with Crippen LogP contribution in [0.4, 0.5) is 0 Å². The molecule has 1 aromatic rings. The van der Waals surface area contributed by atoms with Crippen LogP contribution in [0.2, 0.25) is 0 Å². The van der Waals surface area contributed by atoms with Crippen LogP contribution in [0.1, 0.15) is 12.0 Å². The molecule has 1 aromatic heterocycles. The minimum atomic E-state index is -0.421. The highest BCUT2D eigenvalue weighted by molar-refractivity contribution is 5.92. The average Bonchev–Trinajstić information content (AvgIpc) is 2.92. The number of aryl methyl sites for hydroxylation is 1. The van der Waals surface area contributed by atoms with Crippen molar-refractivity contribution in [2.45, 2.75) is 18.6 Å². The summed E-state index contributed by atoms with van der Waals surface area (Å²) in [6, 6.07) is 0.0750. The number of hydrogen-bond donors (Lipinski definition) is 1. The molecule has 1 saturated heterocycles. The second-order valence-corrected chi connectivity index (χ2v) is 5.58. The van der Waals surface area contributed by atoms with Crippen molar-refractivity contribution in [3.05, 3.63) is 24.0 Å². The van der Waals surface area contributed by atoms with Crippen molar-refractivity contribution in [1.29, 1.82) is 0 Å². The fraction of sp³-hybridized carbons (Fsp3) is 0.571. The number of aromatic nitrogens is 2. The van der Waals surface area contributed by atoms with E-state index in [1.807, 2.05) is 32.2 Å². The van der Waals surface area contributed by atoms with Gasteiger partial charge in [0.15, 0.2) is 0 Å². The zero-order chi connectivity index (χ0) is 14.7. The highest BCUT2D eigenvalue weighted by atomic mass is 16.3. The Morgan fingerprint density at radius 3 is 2.95 bits per heavy atom. The third-order valence-corrected chi connectivity index (χ3v) is 3.39. The van der Waals surface area contributed by atoms with Gasteiger partial charge in [0.2, 0.25) is 5.91 Å². The highest BCUT2D eigenvalue weighted by Crippen LogP contribution is 2.19. The number of nitrogens with zero attached hydrogens (tertiary/aromatic N) is 4. The molecule has 110 valence electrons. The average molecular weight is 278 g/mol. The predicted molar refractivity (Wildman–Crippen MR) is 76.9 cm³/mol. The molecule has 1 aliphatic rings. The lowest BCUT2D eigenvalue weighted by Gasteiger charge is -2.25. The molecule has 1 N–H and O–H groups in total. The number of aliphatic hydroxyl groups is 1.